The molecule has 0 aliphatic rings. The first kappa shape index (κ1) is 14.0. The monoisotopic (exact) mass is 273 g/mol. The minimum Gasteiger partial charge on any atom is -0.448 e. The summed E-state index contributed by atoms with van der Waals surface area (Å²) in [5, 5.41) is 11.0. The zero-order valence-corrected chi connectivity index (χ0v) is 11.2. The van der Waals surface area contributed by atoms with E-state index in [0.29, 0.717) is 11.3 Å². The van der Waals surface area contributed by atoms with Gasteiger partial charge in [-0.05, 0) is 31.5 Å². The molecule has 6 heteroatoms. The van der Waals surface area contributed by atoms with Gasteiger partial charge < -0.3 is 10.5 Å². The third-order valence-electron chi connectivity index (χ3n) is 2.83. The van der Waals surface area contributed by atoms with E-state index >= 15 is 0 Å². The lowest BCUT2D eigenvalue weighted by Crippen LogP contribution is -2.06. The molecule has 0 radical (unpaired) electrons. The number of nitrogens with two attached hydrogens (primary N) is 1. The molecule has 6 nitrogen and oxygen atoms in total. The van der Waals surface area contributed by atoms with Crippen molar-refractivity contribution in [3.05, 3.63) is 57.9 Å². The number of hydrogen-bond donors (Lipinski definition) is 1. The Morgan fingerprint density at radius 2 is 2.10 bits per heavy atom. The van der Waals surface area contributed by atoms with Crippen molar-refractivity contribution >= 4 is 5.69 Å². The van der Waals surface area contributed by atoms with Crippen molar-refractivity contribution in [3.63, 3.8) is 0 Å². The van der Waals surface area contributed by atoms with E-state index in [1.165, 1.54) is 12.3 Å². The lowest BCUT2D eigenvalue weighted by Gasteiger charge is -2.10. The van der Waals surface area contributed by atoms with Gasteiger partial charge in [-0.1, -0.05) is 12.1 Å². The van der Waals surface area contributed by atoms with Crippen LogP contribution < -0.4 is 10.5 Å². The molecule has 0 spiro atoms. The van der Waals surface area contributed by atoms with Crippen LogP contribution in [0.1, 0.15) is 24.2 Å². The molecule has 0 bridgehead atoms. The summed E-state index contributed by atoms with van der Waals surface area (Å²) in [6, 6.07) is 8.05. The predicted octanol–water partition coefficient (Wildman–Crippen LogP) is 3.11. The number of nitrogens with zero attached hydrogens (tertiary/aromatic N) is 2. The van der Waals surface area contributed by atoms with Gasteiger partial charge in [0.15, 0.2) is 0 Å². The van der Waals surface area contributed by atoms with Crippen LogP contribution in [0.15, 0.2) is 36.5 Å². The second-order valence-electron chi connectivity index (χ2n) is 4.49. The number of aryl methyl sites for hydroxylation is 1. The number of para-hydroxylation sites is 1. The van der Waals surface area contributed by atoms with Gasteiger partial charge in [-0.3, -0.25) is 15.1 Å². The summed E-state index contributed by atoms with van der Waals surface area (Å²) in [7, 11) is 0. The van der Waals surface area contributed by atoms with Crippen molar-refractivity contribution in [2.24, 2.45) is 5.73 Å². The molecule has 1 aromatic carbocycles. The topological polar surface area (TPSA) is 91.3 Å². The van der Waals surface area contributed by atoms with Gasteiger partial charge in [-0.15, -0.1) is 0 Å². The first-order chi connectivity index (χ1) is 9.49. The van der Waals surface area contributed by atoms with Gasteiger partial charge >= 0.3 is 5.69 Å². The third kappa shape index (κ3) is 2.92. The average molecular weight is 273 g/mol. The molecular weight excluding hydrogens is 258 g/mol. The number of ether oxygens (including phenoxy) is 1. The Hall–Kier alpha value is -2.47. The van der Waals surface area contributed by atoms with Crippen molar-refractivity contribution < 1.29 is 9.66 Å². The standard InChI is InChI=1S/C14H15N3O3/c1-9-4-3-5-13(17(18)19)14(9)20-11-6-7-12(10(2)15)16-8-11/h3-8,10H,15H2,1-2H3. The Balaban J connectivity index is 2.32. The Bertz CT molecular complexity index is 624. The van der Waals surface area contributed by atoms with Gasteiger partial charge in [0.25, 0.3) is 0 Å². The van der Waals surface area contributed by atoms with E-state index < -0.39 is 4.92 Å². The number of hydrogen-bond acceptors (Lipinski definition) is 5. The first-order valence-electron chi connectivity index (χ1n) is 6.12. The highest BCUT2D eigenvalue weighted by Crippen LogP contribution is 2.34. The van der Waals surface area contributed by atoms with Gasteiger partial charge in [0, 0.05) is 12.1 Å². The van der Waals surface area contributed by atoms with Crippen LogP contribution in [0.2, 0.25) is 0 Å². The zero-order valence-electron chi connectivity index (χ0n) is 11.2. The molecule has 0 saturated heterocycles. The molecule has 2 rings (SSSR count). The number of nitro benzene ring substituents is 1. The molecule has 1 aromatic heterocycles. The Morgan fingerprint density at radius 3 is 2.65 bits per heavy atom. The number of rotatable bonds is 4. The van der Waals surface area contributed by atoms with E-state index in [4.69, 9.17) is 10.5 Å². The van der Waals surface area contributed by atoms with Crippen molar-refractivity contribution in [1.29, 1.82) is 0 Å². The summed E-state index contributed by atoms with van der Waals surface area (Å²) in [6.07, 6.45) is 1.51. The summed E-state index contributed by atoms with van der Waals surface area (Å²) >= 11 is 0. The molecule has 0 saturated carbocycles. The lowest BCUT2D eigenvalue weighted by atomic mass is 10.2. The van der Waals surface area contributed by atoms with Crippen molar-refractivity contribution in [3.8, 4) is 11.5 Å². The van der Waals surface area contributed by atoms with Crippen LogP contribution in [-0.4, -0.2) is 9.91 Å². The zero-order chi connectivity index (χ0) is 14.7. The first-order valence-corrected chi connectivity index (χ1v) is 6.12. The van der Waals surface area contributed by atoms with E-state index in [2.05, 4.69) is 4.98 Å². The van der Waals surface area contributed by atoms with Crippen LogP contribution >= 0.6 is 0 Å². The fraction of sp³-hybridized carbons (Fsp3) is 0.214. The Morgan fingerprint density at radius 1 is 1.35 bits per heavy atom. The smallest absolute Gasteiger partial charge is 0.311 e. The average Bonchev–Trinajstić information content (AvgIpc) is 2.41. The predicted molar refractivity (Wildman–Crippen MR) is 74.7 cm³/mol. The van der Waals surface area contributed by atoms with Crippen LogP contribution in [0.25, 0.3) is 0 Å². The highest BCUT2D eigenvalue weighted by Gasteiger charge is 2.17. The van der Waals surface area contributed by atoms with Crippen LogP contribution in [0, 0.1) is 17.0 Å². The lowest BCUT2D eigenvalue weighted by molar-refractivity contribution is -0.385. The number of nitro groups is 1. The molecule has 2 N–H and O–H groups in total. The summed E-state index contributed by atoms with van der Waals surface area (Å²) in [5.74, 6) is 0.666. The second-order valence-corrected chi connectivity index (χ2v) is 4.49. The van der Waals surface area contributed by atoms with Gasteiger partial charge in [0.05, 0.1) is 16.8 Å². The van der Waals surface area contributed by atoms with Crippen LogP contribution in [0.5, 0.6) is 11.5 Å². The van der Waals surface area contributed by atoms with Crippen LogP contribution in [-0.2, 0) is 0 Å². The number of aromatic nitrogens is 1. The summed E-state index contributed by atoms with van der Waals surface area (Å²) in [4.78, 5) is 14.7. The van der Waals surface area contributed by atoms with E-state index in [1.807, 2.05) is 6.92 Å². The number of pyridine rings is 1. The molecule has 20 heavy (non-hydrogen) atoms. The van der Waals surface area contributed by atoms with Crippen molar-refractivity contribution in [2.75, 3.05) is 0 Å². The largest absolute Gasteiger partial charge is 0.448 e. The SMILES string of the molecule is Cc1cccc([N+](=O)[O-])c1Oc1ccc(C(C)N)nc1. The molecule has 1 atom stereocenters. The van der Waals surface area contributed by atoms with Gasteiger partial charge in [0.1, 0.15) is 5.75 Å². The molecule has 1 unspecified atom stereocenters. The van der Waals surface area contributed by atoms with E-state index in [0.717, 1.165) is 5.69 Å². The van der Waals surface area contributed by atoms with Crippen molar-refractivity contribution in [1.82, 2.24) is 4.98 Å². The van der Waals surface area contributed by atoms with E-state index in [-0.39, 0.29) is 17.5 Å². The minimum atomic E-state index is -0.466. The normalized spacial score (nSPS) is 11.9. The molecule has 0 aliphatic carbocycles. The highest BCUT2D eigenvalue weighted by atomic mass is 16.6. The molecule has 0 amide bonds. The van der Waals surface area contributed by atoms with Gasteiger partial charge in [-0.25, -0.2) is 0 Å². The van der Waals surface area contributed by atoms with Crippen LogP contribution in [0.3, 0.4) is 0 Å². The molecular formula is C14H15N3O3. The molecule has 104 valence electrons. The van der Waals surface area contributed by atoms with Gasteiger partial charge in [-0.2, -0.15) is 0 Å². The quantitative estimate of drug-likeness (QED) is 0.682. The van der Waals surface area contributed by atoms with Gasteiger partial charge in [0.2, 0.25) is 5.75 Å². The summed E-state index contributed by atoms with van der Waals surface area (Å²) in [5.41, 5.74) is 7.07. The minimum absolute atomic E-state index is 0.0683. The van der Waals surface area contributed by atoms with E-state index in [9.17, 15) is 10.1 Å². The molecule has 2 aromatic rings. The summed E-state index contributed by atoms with van der Waals surface area (Å²) < 4.78 is 5.59. The number of benzene rings is 1. The maximum atomic E-state index is 11.0. The van der Waals surface area contributed by atoms with Crippen molar-refractivity contribution in [2.45, 2.75) is 19.9 Å². The fourth-order valence-electron chi connectivity index (χ4n) is 1.75. The van der Waals surface area contributed by atoms with E-state index in [1.54, 1.807) is 31.2 Å². The maximum absolute atomic E-state index is 11.0. The second kappa shape index (κ2) is 5.66. The Labute approximate surface area is 116 Å². The molecule has 0 aliphatic heterocycles. The summed E-state index contributed by atoms with van der Waals surface area (Å²) in [6.45, 7) is 3.58. The molecule has 0 fully saturated rings. The third-order valence-corrected chi connectivity index (χ3v) is 2.83. The van der Waals surface area contributed by atoms with Crippen LogP contribution in [0.4, 0.5) is 5.69 Å². The highest BCUT2D eigenvalue weighted by molar-refractivity contribution is 5.52. The fourth-order valence-corrected chi connectivity index (χ4v) is 1.75. The Kier molecular flexibility index (Phi) is 3.95. The molecule has 1 heterocycles. The maximum Gasteiger partial charge on any atom is 0.311 e.